The molecule has 2 amide bonds. The van der Waals surface area contributed by atoms with E-state index >= 15 is 0 Å². The van der Waals surface area contributed by atoms with Gasteiger partial charge in [0.05, 0.1) is 6.10 Å². The van der Waals surface area contributed by atoms with Crippen LogP contribution in [0.25, 0.3) is 10.8 Å². The zero-order valence-corrected chi connectivity index (χ0v) is 24.8. The summed E-state index contributed by atoms with van der Waals surface area (Å²) in [5, 5.41) is 16.4. The highest BCUT2D eigenvalue weighted by atomic mass is 16.5. The Morgan fingerprint density at radius 2 is 1.50 bits per heavy atom. The monoisotopic (exact) mass is 588 g/mol. The van der Waals surface area contributed by atoms with Crippen molar-refractivity contribution in [1.29, 1.82) is 0 Å². The molecule has 1 aromatic heterocycles. The maximum Gasteiger partial charge on any atom is 0.254 e. The van der Waals surface area contributed by atoms with Crippen molar-refractivity contribution in [2.45, 2.75) is 44.2 Å². The number of aromatic nitrogens is 2. The number of aliphatic hydroxyl groups is 1. The van der Waals surface area contributed by atoms with Gasteiger partial charge in [0.2, 0.25) is 5.89 Å². The van der Waals surface area contributed by atoms with Gasteiger partial charge in [0, 0.05) is 44.1 Å². The van der Waals surface area contributed by atoms with Crippen molar-refractivity contribution in [3.8, 4) is 0 Å². The first kappa shape index (κ1) is 29.3. The van der Waals surface area contributed by atoms with Crippen LogP contribution in [0, 0.1) is 0 Å². The van der Waals surface area contributed by atoms with E-state index in [1.165, 1.54) is 11.1 Å². The molecular weight excluding hydrogens is 552 g/mol. The lowest BCUT2D eigenvalue weighted by atomic mass is 10.0. The third kappa shape index (κ3) is 6.71. The number of rotatable bonds is 10. The number of β-amino-alcohol motifs (C(OH)–C–C–N with tert-alkyl or cyclic N) is 1. The van der Waals surface area contributed by atoms with Crippen LogP contribution >= 0.6 is 0 Å². The first-order chi connectivity index (χ1) is 21.4. The van der Waals surface area contributed by atoms with Crippen molar-refractivity contribution in [2.24, 2.45) is 0 Å². The topological polar surface area (TPSA) is 99.8 Å². The van der Waals surface area contributed by atoms with Crippen LogP contribution in [-0.2, 0) is 19.3 Å². The molecule has 1 aliphatic rings. The van der Waals surface area contributed by atoms with Gasteiger partial charge in [-0.1, -0.05) is 78.0 Å². The zero-order valence-electron chi connectivity index (χ0n) is 24.8. The van der Waals surface area contributed by atoms with Gasteiger partial charge >= 0.3 is 0 Å². The molecule has 224 valence electrons. The fraction of sp³-hybridized carbons (Fsp3) is 0.278. The summed E-state index contributed by atoms with van der Waals surface area (Å²) in [7, 11) is 1.81. The maximum atomic E-state index is 13.7. The van der Waals surface area contributed by atoms with Gasteiger partial charge in [-0.05, 0) is 65.4 Å². The first-order valence-corrected chi connectivity index (χ1v) is 15.1. The number of benzene rings is 4. The largest absolute Gasteiger partial charge is 0.391 e. The molecule has 0 unspecified atom stereocenters. The standard InChI is InChI=1S/C36H36N4O4/c1-39(20-19-26-11-6-3-7-12-26)35(42)29-17-15-28-22-30(18-16-27(28)21-29)36(43)40-24-31(41)23-32(40)34-37-33(38-44-34)14-8-13-25-9-4-2-5-10-25/h2-7,9-12,15-18,21-22,31-32,41H,8,13-14,19-20,23-24H2,1H3/t31-,32+/m1/s1. The molecule has 1 aliphatic heterocycles. The van der Waals surface area contributed by atoms with E-state index in [0.29, 0.717) is 42.2 Å². The van der Waals surface area contributed by atoms with Crippen molar-refractivity contribution < 1.29 is 19.2 Å². The fourth-order valence-electron chi connectivity index (χ4n) is 5.81. The number of amides is 2. The average Bonchev–Trinajstić information content (AvgIpc) is 3.70. The predicted octanol–water partition coefficient (Wildman–Crippen LogP) is 5.66. The highest BCUT2D eigenvalue weighted by Gasteiger charge is 2.39. The van der Waals surface area contributed by atoms with Crippen LogP contribution < -0.4 is 0 Å². The van der Waals surface area contributed by atoms with Crippen LogP contribution in [0.15, 0.2) is 102 Å². The average molecular weight is 589 g/mol. The van der Waals surface area contributed by atoms with Crippen LogP contribution in [0.5, 0.6) is 0 Å². The van der Waals surface area contributed by atoms with E-state index in [9.17, 15) is 14.7 Å². The van der Waals surface area contributed by atoms with E-state index in [2.05, 4.69) is 34.4 Å². The number of carbonyl (C=O) groups is 2. The molecule has 4 aromatic carbocycles. The third-order valence-electron chi connectivity index (χ3n) is 8.28. The number of nitrogens with zero attached hydrogens (tertiary/aromatic N) is 4. The minimum Gasteiger partial charge on any atom is -0.391 e. The molecule has 0 saturated carbocycles. The van der Waals surface area contributed by atoms with E-state index in [0.717, 1.165) is 30.0 Å². The lowest BCUT2D eigenvalue weighted by Gasteiger charge is -2.22. The summed E-state index contributed by atoms with van der Waals surface area (Å²) in [5.74, 6) is 0.699. The van der Waals surface area contributed by atoms with Crippen molar-refractivity contribution in [3.05, 3.63) is 131 Å². The maximum absolute atomic E-state index is 13.7. The van der Waals surface area contributed by atoms with E-state index in [4.69, 9.17) is 4.52 Å². The van der Waals surface area contributed by atoms with Crippen LogP contribution in [0.2, 0.25) is 0 Å². The molecular formula is C36H36N4O4. The van der Waals surface area contributed by atoms with E-state index < -0.39 is 12.1 Å². The Labute approximate surface area is 256 Å². The molecule has 8 nitrogen and oxygen atoms in total. The van der Waals surface area contributed by atoms with Gasteiger partial charge in [-0.25, -0.2) is 0 Å². The van der Waals surface area contributed by atoms with Crippen molar-refractivity contribution >= 4 is 22.6 Å². The van der Waals surface area contributed by atoms with Gasteiger partial charge < -0.3 is 19.4 Å². The first-order valence-electron chi connectivity index (χ1n) is 15.1. The van der Waals surface area contributed by atoms with Gasteiger partial charge in [-0.3, -0.25) is 9.59 Å². The molecule has 44 heavy (non-hydrogen) atoms. The van der Waals surface area contributed by atoms with E-state index in [1.54, 1.807) is 21.9 Å². The van der Waals surface area contributed by atoms with Crippen LogP contribution in [0.4, 0.5) is 0 Å². The van der Waals surface area contributed by atoms with Crippen LogP contribution in [-0.4, -0.2) is 63.1 Å². The number of likely N-dealkylation sites (tertiary alicyclic amines) is 1. The molecule has 1 N–H and O–H groups in total. The summed E-state index contributed by atoms with van der Waals surface area (Å²) < 4.78 is 5.58. The summed E-state index contributed by atoms with van der Waals surface area (Å²) in [6.07, 6.45) is 2.92. The lowest BCUT2D eigenvalue weighted by Crippen LogP contribution is -2.32. The summed E-state index contributed by atoms with van der Waals surface area (Å²) in [5.41, 5.74) is 3.55. The second-order valence-electron chi connectivity index (χ2n) is 11.5. The lowest BCUT2D eigenvalue weighted by molar-refractivity contribution is 0.0693. The predicted molar refractivity (Wildman–Crippen MR) is 168 cm³/mol. The number of hydrogen-bond acceptors (Lipinski definition) is 6. The third-order valence-corrected chi connectivity index (χ3v) is 8.28. The fourth-order valence-corrected chi connectivity index (χ4v) is 5.81. The number of likely N-dealkylation sites (N-methyl/N-ethyl adjacent to an activating group) is 1. The second kappa shape index (κ2) is 13.2. The quantitative estimate of drug-likeness (QED) is 0.226. The normalized spacial score (nSPS) is 16.4. The Hall–Kier alpha value is -4.82. The van der Waals surface area contributed by atoms with Crippen LogP contribution in [0.1, 0.15) is 62.4 Å². The molecule has 2 heterocycles. The Morgan fingerprint density at radius 1 is 0.864 bits per heavy atom. The second-order valence-corrected chi connectivity index (χ2v) is 11.5. The molecule has 6 rings (SSSR count). The van der Waals surface area contributed by atoms with Gasteiger partial charge in [0.1, 0.15) is 6.04 Å². The Kier molecular flexibility index (Phi) is 8.79. The Balaban J connectivity index is 1.11. The molecule has 0 radical (unpaired) electrons. The highest BCUT2D eigenvalue weighted by molar-refractivity contribution is 6.02. The summed E-state index contributed by atoms with van der Waals surface area (Å²) >= 11 is 0. The molecule has 0 bridgehead atoms. The number of fused-ring (bicyclic) bond motifs is 1. The number of hydrogen-bond donors (Lipinski definition) is 1. The SMILES string of the molecule is CN(CCc1ccccc1)C(=O)c1ccc2cc(C(=O)N3C[C@H](O)C[C@H]3c3nc(CCCc4ccccc4)no3)ccc2c1. The summed E-state index contributed by atoms with van der Waals surface area (Å²) in [6, 6.07) is 30.9. The Morgan fingerprint density at radius 3 is 2.20 bits per heavy atom. The zero-order chi connectivity index (χ0) is 30.5. The summed E-state index contributed by atoms with van der Waals surface area (Å²) in [6.45, 7) is 0.808. The van der Waals surface area contributed by atoms with Gasteiger partial charge in [0.15, 0.2) is 5.82 Å². The molecule has 1 fully saturated rings. The molecule has 2 atom stereocenters. The molecule has 0 spiro atoms. The number of carbonyl (C=O) groups excluding carboxylic acids is 2. The Bertz CT molecular complexity index is 1740. The smallest absolute Gasteiger partial charge is 0.254 e. The van der Waals surface area contributed by atoms with E-state index in [-0.39, 0.29) is 18.4 Å². The highest BCUT2D eigenvalue weighted by Crippen LogP contribution is 2.33. The minimum atomic E-state index is -0.676. The van der Waals surface area contributed by atoms with Gasteiger partial charge in [-0.2, -0.15) is 4.98 Å². The molecule has 8 heteroatoms. The van der Waals surface area contributed by atoms with Crippen LogP contribution in [0.3, 0.4) is 0 Å². The van der Waals surface area contributed by atoms with Gasteiger partial charge in [-0.15, -0.1) is 0 Å². The van der Waals surface area contributed by atoms with E-state index in [1.807, 2.05) is 67.7 Å². The summed E-state index contributed by atoms with van der Waals surface area (Å²) in [4.78, 5) is 34.7. The minimum absolute atomic E-state index is 0.0455. The van der Waals surface area contributed by atoms with Crippen molar-refractivity contribution in [3.63, 3.8) is 0 Å². The van der Waals surface area contributed by atoms with Crippen molar-refractivity contribution in [2.75, 3.05) is 20.1 Å². The number of aliphatic hydroxyl groups excluding tert-OH is 1. The molecule has 5 aromatic rings. The molecule has 1 saturated heterocycles. The molecule has 0 aliphatic carbocycles. The van der Waals surface area contributed by atoms with Gasteiger partial charge in [0.25, 0.3) is 11.8 Å². The van der Waals surface area contributed by atoms with Crippen molar-refractivity contribution in [1.82, 2.24) is 19.9 Å². The number of aryl methyl sites for hydroxylation is 2.